The summed E-state index contributed by atoms with van der Waals surface area (Å²) in [5.74, 6) is -0.0375. The van der Waals surface area contributed by atoms with E-state index in [-0.39, 0.29) is 5.91 Å². The lowest BCUT2D eigenvalue weighted by Crippen LogP contribution is -2.48. The monoisotopic (exact) mass is 420 g/mol. The third kappa shape index (κ3) is 4.04. The van der Waals surface area contributed by atoms with Gasteiger partial charge in [0.1, 0.15) is 0 Å². The van der Waals surface area contributed by atoms with Crippen LogP contribution in [0.25, 0.3) is 10.6 Å². The molecule has 27 heavy (non-hydrogen) atoms. The van der Waals surface area contributed by atoms with Crippen LogP contribution in [-0.4, -0.2) is 52.1 Å². The van der Waals surface area contributed by atoms with Crippen molar-refractivity contribution in [1.29, 1.82) is 0 Å². The molecule has 0 aliphatic carbocycles. The Hall–Kier alpha value is -1.86. The molecule has 0 spiro atoms. The molecule has 3 aromatic rings. The van der Waals surface area contributed by atoms with Gasteiger partial charge in [-0.1, -0.05) is 35.3 Å². The number of piperazine rings is 1. The minimum atomic E-state index is -0.0375. The van der Waals surface area contributed by atoms with Crippen LogP contribution in [0, 0.1) is 0 Å². The molecule has 0 atom stereocenters. The fourth-order valence-corrected chi connectivity index (χ4v) is 4.38. The second-order valence-corrected chi connectivity index (χ2v) is 8.17. The van der Waals surface area contributed by atoms with E-state index in [1.54, 1.807) is 11.3 Å². The van der Waals surface area contributed by atoms with Crippen LogP contribution in [0.1, 0.15) is 16.1 Å². The number of thiophene rings is 1. The molecule has 3 heterocycles. The predicted octanol–water partition coefficient (Wildman–Crippen LogP) is 4.40. The van der Waals surface area contributed by atoms with E-state index in [0.717, 1.165) is 29.2 Å². The first-order chi connectivity index (χ1) is 13.1. The lowest BCUT2D eigenvalue weighted by Gasteiger charge is -2.34. The van der Waals surface area contributed by atoms with E-state index in [9.17, 15) is 4.79 Å². The summed E-state index contributed by atoms with van der Waals surface area (Å²) in [6.07, 6.45) is 0. The van der Waals surface area contributed by atoms with Crippen LogP contribution in [-0.2, 0) is 6.54 Å². The molecule has 1 aliphatic heterocycles. The van der Waals surface area contributed by atoms with Gasteiger partial charge in [0.2, 0.25) is 0 Å². The summed E-state index contributed by atoms with van der Waals surface area (Å²) >= 11 is 14.1. The molecule has 1 amide bonds. The molecule has 1 fully saturated rings. The van der Waals surface area contributed by atoms with Gasteiger partial charge in [-0.25, -0.2) is 0 Å². The molecule has 1 aliphatic rings. The second-order valence-electron chi connectivity index (χ2n) is 6.41. The van der Waals surface area contributed by atoms with Gasteiger partial charge in [-0.3, -0.25) is 14.8 Å². The van der Waals surface area contributed by atoms with Crippen molar-refractivity contribution < 1.29 is 4.79 Å². The Labute approximate surface area is 171 Å². The van der Waals surface area contributed by atoms with Gasteiger partial charge in [-0.2, -0.15) is 5.10 Å². The number of hydrogen-bond donors (Lipinski definition) is 1. The van der Waals surface area contributed by atoms with Gasteiger partial charge in [0.05, 0.1) is 10.6 Å². The number of nitrogens with one attached hydrogen (secondary N) is 1. The van der Waals surface area contributed by atoms with Crippen LogP contribution < -0.4 is 0 Å². The van der Waals surface area contributed by atoms with Crippen molar-refractivity contribution in [2.75, 3.05) is 26.2 Å². The minimum absolute atomic E-state index is 0.0375. The highest BCUT2D eigenvalue weighted by Crippen LogP contribution is 2.26. The van der Waals surface area contributed by atoms with E-state index in [1.807, 2.05) is 46.7 Å². The Morgan fingerprint density at radius 3 is 2.52 bits per heavy atom. The number of aromatic nitrogens is 2. The number of halogens is 2. The Morgan fingerprint density at radius 1 is 1.11 bits per heavy atom. The Bertz CT molecular complexity index is 913. The van der Waals surface area contributed by atoms with Crippen molar-refractivity contribution in [1.82, 2.24) is 20.0 Å². The number of aromatic amines is 1. The average molecular weight is 421 g/mol. The van der Waals surface area contributed by atoms with Crippen molar-refractivity contribution in [3.8, 4) is 10.6 Å². The number of hydrogen-bond acceptors (Lipinski definition) is 4. The van der Waals surface area contributed by atoms with Gasteiger partial charge in [0, 0.05) is 48.3 Å². The van der Waals surface area contributed by atoms with Gasteiger partial charge >= 0.3 is 0 Å². The van der Waals surface area contributed by atoms with Crippen LogP contribution in [0.2, 0.25) is 10.0 Å². The third-order valence-corrected chi connectivity index (χ3v) is 6.30. The highest BCUT2D eigenvalue weighted by atomic mass is 35.5. The van der Waals surface area contributed by atoms with E-state index in [0.29, 0.717) is 35.4 Å². The van der Waals surface area contributed by atoms with Crippen molar-refractivity contribution in [3.63, 3.8) is 0 Å². The van der Waals surface area contributed by atoms with E-state index in [2.05, 4.69) is 15.1 Å². The molecule has 0 bridgehead atoms. The minimum Gasteiger partial charge on any atom is -0.335 e. The first-order valence-electron chi connectivity index (χ1n) is 8.65. The van der Waals surface area contributed by atoms with Gasteiger partial charge in [0.15, 0.2) is 5.69 Å². The topological polar surface area (TPSA) is 52.2 Å². The summed E-state index contributed by atoms with van der Waals surface area (Å²) in [7, 11) is 0. The predicted molar refractivity (Wildman–Crippen MR) is 110 cm³/mol. The molecule has 1 N–H and O–H groups in total. The Morgan fingerprint density at radius 2 is 1.85 bits per heavy atom. The molecule has 1 saturated heterocycles. The number of amides is 1. The maximum absolute atomic E-state index is 12.7. The summed E-state index contributed by atoms with van der Waals surface area (Å²) in [4.78, 5) is 17.9. The van der Waals surface area contributed by atoms with Gasteiger partial charge in [-0.15, -0.1) is 11.3 Å². The number of carbonyl (C=O) groups excluding carboxylic acids is 1. The van der Waals surface area contributed by atoms with Gasteiger partial charge < -0.3 is 4.90 Å². The zero-order valence-corrected chi connectivity index (χ0v) is 16.8. The fourth-order valence-electron chi connectivity index (χ4n) is 3.17. The zero-order valence-electron chi connectivity index (χ0n) is 14.5. The van der Waals surface area contributed by atoms with Crippen LogP contribution in [0.5, 0.6) is 0 Å². The van der Waals surface area contributed by atoms with Crippen LogP contribution in [0.4, 0.5) is 0 Å². The summed E-state index contributed by atoms with van der Waals surface area (Å²) in [6.45, 7) is 3.54. The molecule has 8 heteroatoms. The molecular weight excluding hydrogens is 403 g/mol. The normalized spacial score (nSPS) is 15.3. The second kappa shape index (κ2) is 8.02. The molecule has 2 aromatic heterocycles. The van der Waals surface area contributed by atoms with E-state index < -0.39 is 0 Å². The molecule has 0 radical (unpaired) electrons. The van der Waals surface area contributed by atoms with E-state index >= 15 is 0 Å². The number of benzene rings is 1. The molecule has 5 nitrogen and oxygen atoms in total. The molecule has 1 aromatic carbocycles. The summed E-state index contributed by atoms with van der Waals surface area (Å²) < 4.78 is 0. The molecular formula is C19H18Cl2N4OS. The van der Waals surface area contributed by atoms with Gasteiger partial charge in [0.25, 0.3) is 5.91 Å². The van der Waals surface area contributed by atoms with Crippen LogP contribution in [0.3, 0.4) is 0 Å². The zero-order chi connectivity index (χ0) is 18.8. The average Bonchev–Trinajstić information content (AvgIpc) is 3.36. The summed E-state index contributed by atoms with van der Waals surface area (Å²) in [6, 6.07) is 11.4. The first kappa shape index (κ1) is 18.5. The van der Waals surface area contributed by atoms with E-state index in [4.69, 9.17) is 23.2 Å². The van der Waals surface area contributed by atoms with Crippen molar-refractivity contribution in [3.05, 3.63) is 63.1 Å². The van der Waals surface area contributed by atoms with Crippen molar-refractivity contribution in [2.24, 2.45) is 0 Å². The van der Waals surface area contributed by atoms with Gasteiger partial charge in [-0.05, 0) is 29.6 Å². The summed E-state index contributed by atoms with van der Waals surface area (Å²) in [5.41, 5.74) is 2.27. The van der Waals surface area contributed by atoms with Crippen molar-refractivity contribution in [2.45, 2.75) is 6.54 Å². The number of nitrogens with zero attached hydrogens (tertiary/aromatic N) is 3. The molecule has 0 saturated carbocycles. The number of H-pyrrole nitrogens is 1. The highest BCUT2D eigenvalue weighted by molar-refractivity contribution is 7.13. The number of rotatable bonds is 4. The Balaban J connectivity index is 1.37. The summed E-state index contributed by atoms with van der Waals surface area (Å²) in [5, 5.41) is 10.5. The largest absolute Gasteiger partial charge is 0.335 e. The number of carbonyl (C=O) groups is 1. The maximum atomic E-state index is 12.7. The SMILES string of the molecule is O=C(c1cc(-c2cccs2)[nH]n1)N1CCN(Cc2c(Cl)cccc2Cl)CC1. The van der Waals surface area contributed by atoms with Crippen molar-refractivity contribution >= 4 is 40.4 Å². The molecule has 140 valence electrons. The molecule has 0 unspecified atom stereocenters. The molecule has 4 rings (SSSR count). The van der Waals surface area contributed by atoms with E-state index in [1.165, 1.54) is 0 Å². The lowest BCUT2D eigenvalue weighted by atomic mass is 10.2. The smallest absolute Gasteiger partial charge is 0.274 e. The first-order valence-corrected chi connectivity index (χ1v) is 10.3. The Kier molecular flexibility index (Phi) is 5.50. The maximum Gasteiger partial charge on any atom is 0.274 e. The quantitative estimate of drug-likeness (QED) is 0.679. The fraction of sp³-hybridized carbons (Fsp3) is 0.263. The highest BCUT2D eigenvalue weighted by Gasteiger charge is 2.24. The third-order valence-electron chi connectivity index (χ3n) is 4.69. The van der Waals surface area contributed by atoms with Crippen LogP contribution >= 0.6 is 34.5 Å². The standard InChI is InChI=1S/C19H18Cl2N4OS/c20-14-3-1-4-15(21)13(14)12-24-6-8-25(9-7-24)19(26)17-11-16(22-23-17)18-5-2-10-27-18/h1-5,10-11H,6-9,12H2,(H,22,23). The van der Waals surface area contributed by atoms with Crippen LogP contribution in [0.15, 0.2) is 41.8 Å². The lowest BCUT2D eigenvalue weighted by molar-refractivity contribution is 0.0622.